The average molecular weight is 247 g/mol. The zero-order valence-electron chi connectivity index (χ0n) is 7.20. The second-order valence-electron chi connectivity index (χ2n) is 3.24. The molecule has 0 bridgehead atoms. The number of nitrogens with zero attached hydrogens (tertiary/aromatic N) is 2. The minimum atomic E-state index is 0.527. The Labute approximate surface area is 84.8 Å². The zero-order chi connectivity index (χ0) is 9.10. The molecule has 1 aliphatic rings. The first-order valence-electron chi connectivity index (χ1n) is 4.40. The van der Waals surface area contributed by atoms with E-state index in [0.29, 0.717) is 16.5 Å². The minimum absolute atomic E-state index is 0.527. The Morgan fingerprint density at radius 1 is 1.54 bits per heavy atom. The first-order chi connectivity index (χ1) is 6.34. The van der Waals surface area contributed by atoms with Crippen LogP contribution in [0.1, 0.15) is 18.7 Å². The summed E-state index contributed by atoms with van der Waals surface area (Å²) in [6, 6.07) is 0. The fourth-order valence-electron chi connectivity index (χ4n) is 1.53. The third-order valence-electron chi connectivity index (χ3n) is 2.16. The van der Waals surface area contributed by atoms with Crippen molar-refractivity contribution in [3.05, 3.63) is 10.6 Å². The number of hydrogen-bond donors (Lipinski definition) is 0. The number of aromatic nitrogens is 2. The molecule has 2 rings (SSSR count). The van der Waals surface area contributed by atoms with Gasteiger partial charge in [0.2, 0.25) is 10.6 Å². The molecule has 0 spiro atoms. The Morgan fingerprint density at radius 2 is 2.46 bits per heavy atom. The summed E-state index contributed by atoms with van der Waals surface area (Å²) in [5, 5.41) is 3.67. The first-order valence-corrected chi connectivity index (χ1v) is 5.20. The van der Waals surface area contributed by atoms with Crippen molar-refractivity contribution in [1.82, 2.24) is 10.1 Å². The Kier molecular flexibility index (Phi) is 2.95. The molecule has 0 aliphatic carbocycles. The van der Waals surface area contributed by atoms with Crippen LogP contribution in [0.25, 0.3) is 0 Å². The molecule has 0 saturated carbocycles. The van der Waals surface area contributed by atoms with E-state index in [-0.39, 0.29) is 0 Å². The van der Waals surface area contributed by atoms with Gasteiger partial charge in [0.05, 0.1) is 0 Å². The van der Waals surface area contributed by atoms with E-state index in [1.165, 1.54) is 6.42 Å². The highest BCUT2D eigenvalue weighted by atomic mass is 79.9. The van der Waals surface area contributed by atoms with Gasteiger partial charge in [-0.15, -0.1) is 0 Å². The maximum absolute atomic E-state index is 5.36. The van der Waals surface area contributed by atoms with E-state index in [2.05, 4.69) is 26.1 Å². The van der Waals surface area contributed by atoms with E-state index < -0.39 is 0 Å². The monoisotopic (exact) mass is 246 g/mol. The molecule has 5 heteroatoms. The molecule has 0 N–H and O–H groups in total. The van der Waals surface area contributed by atoms with Crippen molar-refractivity contribution >= 4 is 15.9 Å². The Bertz CT molecular complexity index is 271. The highest BCUT2D eigenvalue weighted by Crippen LogP contribution is 2.18. The summed E-state index contributed by atoms with van der Waals surface area (Å²) in [6.07, 6.45) is 3.17. The van der Waals surface area contributed by atoms with Crippen molar-refractivity contribution in [2.75, 3.05) is 13.2 Å². The van der Waals surface area contributed by atoms with Crippen LogP contribution in [0.3, 0.4) is 0 Å². The van der Waals surface area contributed by atoms with Gasteiger partial charge in [0.15, 0.2) is 0 Å². The van der Waals surface area contributed by atoms with Gasteiger partial charge < -0.3 is 9.26 Å². The van der Waals surface area contributed by atoms with Crippen LogP contribution in [-0.4, -0.2) is 23.4 Å². The van der Waals surface area contributed by atoms with Crippen molar-refractivity contribution in [3.8, 4) is 0 Å². The maximum atomic E-state index is 5.36. The lowest BCUT2D eigenvalue weighted by Crippen LogP contribution is -2.19. The Morgan fingerprint density at radius 3 is 3.08 bits per heavy atom. The zero-order valence-corrected chi connectivity index (χ0v) is 8.79. The average Bonchev–Trinajstić information content (AvgIpc) is 2.53. The third kappa shape index (κ3) is 2.51. The van der Waals surface area contributed by atoms with Gasteiger partial charge in [0.1, 0.15) is 0 Å². The van der Waals surface area contributed by atoms with Gasteiger partial charge in [-0.2, -0.15) is 4.98 Å². The lowest BCUT2D eigenvalue weighted by molar-refractivity contribution is 0.0520. The van der Waals surface area contributed by atoms with Crippen molar-refractivity contribution in [2.24, 2.45) is 5.92 Å². The third-order valence-corrected chi connectivity index (χ3v) is 2.48. The minimum Gasteiger partial charge on any atom is -0.381 e. The Hall–Kier alpha value is -0.420. The number of ether oxygens (including phenoxy) is 1. The van der Waals surface area contributed by atoms with Gasteiger partial charge in [-0.05, 0) is 39.8 Å². The van der Waals surface area contributed by atoms with E-state index in [1.54, 1.807) is 0 Å². The molecule has 72 valence electrons. The largest absolute Gasteiger partial charge is 0.381 e. The van der Waals surface area contributed by atoms with Crippen molar-refractivity contribution in [2.45, 2.75) is 19.3 Å². The molecule has 1 aliphatic heterocycles. The summed E-state index contributed by atoms with van der Waals surface area (Å²) in [5.74, 6) is 1.24. The van der Waals surface area contributed by atoms with Crippen LogP contribution in [-0.2, 0) is 11.2 Å². The molecule has 2 heterocycles. The molecule has 4 nitrogen and oxygen atoms in total. The highest BCUT2D eigenvalue weighted by Gasteiger charge is 2.17. The standard InChI is InChI=1S/C8H11BrN2O2/c9-8-10-7(13-11-8)4-6-2-1-3-12-5-6/h6H,1-5H2. The Balaban J connectivity index is 1.89. The van der Waals surface area contributed by atoms with E-state index >= 15 is 0 Å². The van der Waals surface area contributed by atoms with Crippen LogP contribution in [0, 0.1) is 5.92 Å². The number of hydrogen-bond acceptors (Lipinski definition) is 4. The van der Waals surface area contributed by atoms with E-state index in [1.807, 2.05) is 0 Å². The predicted octanol–water partition coefficient (Wildman–Crippen LogP) is 1.80. The molecule has 0 amide bonds. The number of halogens is 1. The molecular formula is C8H11BrN2O2. The predicted molar refractivity (Wildman–Crippen MR) is 49.2 cm³/mol. The van der Waals surface area contributed by atoms with Gasteiger partial charge >= 0.3 is 0 Å². The molecule has 1 saturated heterocycles. The second-order valence-corrected chi connectivity index (χ2v) is 3.95. The summed E-state index contributed by atoms with van der Waals surface area (Å²) in [6.45, 7) is 1.71. The molecule has 1 atom stereocenters. The summed E-state index contributed by atoms with van der Waals surface area (Å²) >= 11 is 3.15. The van der Waals surface area contributed by atoms with Gasteiger partial charge in [-0.1, -0.05) is 0 Å². The smallest absolute Gasteiger partial charge is 0.238 e. The molecule has 1 unspecified atom stereocenters. The second kappa shape index (κ2) is 4.19. The summed E-state index contributed by atoms with van der Waals surface area (Å²) in [4.78, 5) is 4.09. The van der Waals surface area contributed by atoms with Crippen molar-refractivity contribution in [3.63, 3.8) is 0 Å². The lowest BCUT2D eigenvalue weighted by Gasteiger charge is -2.19. The summed E-state index contributed by atoms with van der Waals surface area (Å²) in [7, 11) is 0. The van der Waals surface area contributed by atoms with E-state index in [0.717, 1.165) is 26.1 Å². The van der Waals surface area contributed by atoms with Gasteiger partial charge in [-0.25, -0.2) is 0 Å². The quantitative estimate of drug-likeness (QED) is 0.799. The fourth-order valence-corrected chi connectivity index (χ4v) is 1.80. The molecule has 1 aromatic heterocycles. The van der Waals surface area contributed by atoms with Gasteiger partial charge in [0.25, 0.3) is 0 Å². The van der Waals surface area contributed by atoms with Crippen LogP contribution < -0.4 is 0 Å². The highest BCUT2D eigenvalue weighted by molar-refractivity contribution is 9.10. The molecule has 0 radical (unpaired) electrons. The first kappa shape index (κ1) is 9.15. The van der Waals surface area contributed by atoms with Crippen molar-refractivity contribution < 1.29 is 9.26 Å². The van der Waals surface area contributed by atoms with Crippen molar-refractivity contribution in [1.29, 1.82) is 0 Å². The molecule has 1 fully saturated rings. The number of rotatable bonds is 2. The molecule has 13 heavy (non-hydrogen) atoms. The molecular weight excluding hydrogens is 236 g/mol. The van der Waals surface area contributed by atoms with Crippen LogP contribution in [0.4, 0.5) is 0 Å². The summed E-state index contributed by atoms with van der Waals surface area (Å²) in [5.41, 5.74) is 0. The van der Waals surface area contributed by atoms with Crippen LogP contribution in [0.5, 0.6) is 0 Å². The lowest BCUT2D eigenvalue weighted by atomic mass is 9.99. The SMILES string of the molecule is Brc1noc(CC2CCCOC2)n1. The van der Waals surface area contributed by atoms with Crippen LogP contribution in [0.2, 0.25) is 0 Å². The normalized spacial score (nSPS) is 23.3. The summed E-state index contributed by atoms with van der Waals surface area (Å²) < 4.78 is 10.9. The van der Waals surface area contributed by atoms with Crippen LogP contribution >= 0.6 is 15.9 Å². The fraction of sp³-hybridized carbons (Fsp3) is 0.750. The maximum Gasteiger partial charge on any atom is 0.238 e. The molecule has 0 aromatic carbocycles. The van der Waals surface area contributed by atoms with E-state index in [9.17, 15) is 0 Å². The van der Waals surface area contributed by atoms with E-state index in [4.69, 9.17) is 9.26 Å². The topological polar surface area (TPSA) is 48.2 Å². The molecule has 1 aromatic rings. The van der Waals surface area contributed by atoms with Gasteiger partial charge in [-0.3, -0.25) is 0 Å². The van der Waals surface area contributed by atoms with Crippen LogP contribution in [0.15, 0.2) is 9.26 Å². The van der Waals surface area contributed by atoms with Gasteiger partial charge in [0, 0.05) is 19.6 Å².